The zero-order valence-corrected chi connectivity index (χ0v) is 12.1. The molecule has 2 aromatic carbocycles. The Labute approximate surface area is 128 Å². The molecule has 0 aliphatic carbocycles. The maximum Gasteiger partial charge on any atom is 0.231 e. The fraction of sp³-hybridized carbons (Fsp3) is 0. The van der Waals surface area contributed by atoms with E-state index in [1.807, 2.05) is 6.07 Å². The highest BCUT2D eigenvalue weighted by molar-refractivity contribution is 6.36. The number of fused-ring (bicyclic) bond motifs is 3. The zero-order valence-electron chi connectivity index (χ0n) is 10.6. The monoisotopic (exact) mass is 315 g/mol. The SMILES string of the molecule is O=c1c2cc3c(Cl)cccc3nc2oc2cccc(Cl)c12. The van der Waals surface area contributed by atoms with E-state index in [2.05, 4.69) is 4.98 Å². The van der Waals surface area contributed by atoms with Crippen LogP contribution >= 0.6 is 23.2 Å². The molecule has 3 nitrogen and oxygen atoms in total. The van der Waals surface area contributed by atoms with Crippen LogP contribution in [-0.2, 0) is 0 Å². The molecule has 102 valence electrons. The molecular formula is C16H7Cl2NO2. The van der Waals surface area contributed by atoms with Gasteiger partial charge >= 0.3 is 0 Å². The summed E-state index contributed by atoms with van der Waals surface area (Å²) in [6, 6.07) is 12.2. The number of hydrogen-bond acceptors (Lipinski definition) is 3. The maximum atomic E-state index is 12.6. The Bertz CT molecular complexity index is 1080. The average molecular weight is 316 g/mol. The first kappa shape index (κ1) is 12.6. The molecule has 0 fully saturated rings. The van der Waals surface area contributed by atoms with E-state index in [1.54, 1.807) is 36.4 Å². The van der Waals surface area contributed by atoms with Gasteiger partial charge in [0, 0.05) is 10.4 Å². The van der Waals surface area contributed by atoms with Gasteiger partial charge in [-0.25, -0.2) is 4.98 Å². The first-order valence-electron chi connectivity index (χ1n) is 6.25. The second kappa shape index (κ2) is 4.45. The van der Waals surface area contributed by atoms with Gasteiger partial charge in [-0.2, -0.15) is 0 Å². The van der Waals surface area contributed by atoms with Gasteiger partial charge in [0.15, 0.2) is 0 Å². The molecule has 4 rings (SSSR count). The van der Waals surface area contributed by atoms with E-state index in [1.165, 1.54) is 0 Å². The molecule has 0 bridgehead atoms. The van der Waals surface area contributed by atoms with Crippen LogP contribution in [0.15, 0.2) is 51.7 Å². The topological polar surface area (TPSA) is 43.1 Å². The molecule has 0 N–H and O–H groups in total. The summed E-state index contributed by atoms with van der Waals surface area (Å²) in [5.74, 6) is 0. The van der Waals surface area contributed by atoms with Crippen LogP contribution in [0.4, 0.5) is 0 Å². The lowest BCUT2D eigenvalue weighted by molar-refractivity contribution is 0.647. The molecule has 0 atom stereocenters. The second-order valence-corrected chi connectivity index (χ2v) is 5.51. The summed E-state index contributed by atoms with van der Waals surface area (Å²) in [6.07, 6.45) is 0. The molecule has 0 saturated heterocycles. The minimum absolute atomic E-state index is 0.203. The summed E-state index contributed by atoms with van der Waals surface area (Å²) >= 11 is 12.3. The predicted molar refractivity (Wildman–Crippen MR) is 85.3 cm³/mol. The molecule has 0 spiro atoms. The lowest BCUT2D eigenvalue weighted by atomic mass is 10.1. The largest absolute Gasteiger partial charge is 0.437 e. The Hall–Kier alpha value is -2.10. The number of halogens is 2. The lowest BCUT2D eigenvalue weighted by Gasteiger charge is -2.04. The smallest absolute Gasteiger partial charge is 0.231 e. The van der Waals surface area contributed by atoms with E-state index in [-0.39, 0.29) is 11.1 Å². The van der Waals surface area contributed by atoms with Crippen LogP contribution in [0.2, 0.25) is 10.0 Å². The lowest BCUT2D eigenvalue weighted by Crippen LogP contribution is -2.03. The number of aromatic nitrogens is 1. The van der Waals surface area contributed by atoms with Crippen molar-refractivity contribution in [3.8, 4) is 0 Å². The van der Waals surface area contributed by atoms with Crippen molar-refractivity contribution < 1.29 is 4.42 Å². The van der Waals surface area contributed by atoms with Crippen molar-refractivity contribution in [2.24, 2.45) is 0 Å². The molecule has 0 radical (unpaired) electrons. The Balaban J connectivity index is 2.29. The fourth-order valence-electron chi connectivity index (χ4n) is 2.43. The van der Waals surface area contributed by atoms with Gasteiger partial charge in [-0.1, -0.05) is 35.3 Å². The van der Waals surface area contributed by atoms with Gasteiger partial charge in [-0.15, -0.1) is 0 Å². The third kappa shape index (κ3) is 1.82. The number of rotatable bonds is 0. The zero-order chi connectivity index (χ0) is 14.6. The standard InChI is InChI=1S/C16H7Cl2NO2/c17-10-3-1-5-12-8(10)7-9-15(20)14-11(18)4-2-6-13(14)21-16(9)19-12/h1-7H. The third-order valence-corrected chi connectivity index (χ3v) is 4.07. The van der Waals surface area contributed by atoms with Crippen molar-refractivity contribution in [3.05, 3.63) is 62.7 Å². The Kier molecular flexibility index (Phi) is 2.67. The van der Waals surface area contributed by atoms with Crippen molar-refractivity contribution in [2.45, 2.75) is 0 Å². The van der Waals surface area contributed by atoms with Gasteiger partial charge in [-0.05, 0) is 30.3 Å². The molecule has 2 aromatic heterocycles. The minimum atomic E-state index is -0.203. The van der Waals surface area contributed by atoms with Crippen molar-refractivity contribution in [3.63, 3.8) is 0 Å². The average Bonchev–Trinajstić information content (AvgIpc) is 2.46. The number of benzene rings is 2. The molecule has 2 heterocycles. The molecule has 4 aromatic rings. The summed E-state index contributed by atoms with van der Waals surface area (Å²) in [6.45, 7) is 0. The fourth-order valence-corrected chi connectivity index (χ4v) is 2.91. The van der Waals surface area contributed by atoms with Gasteiger partial charge in [0.25, 0.3) is 0 Å². The Morgan fingerprint density at radius 2 is 1.71 bits per heavy atom. The van der Waals surface area contributed by atoms with E-state index >= 15 is 0 Å². The summed E-state index contributed by atoms with van der Waals surface area (Å²) in [4.78, 5) is 17.0. The third-order valence-electron chi connectivity index (χ3n) is 3.42. The van der Waals surface area contributed by atoms with Crippen LogP contribution < -0.4 is 5.43 Å². The van der Waals surface area contributed by atoms with E-state index < -0.39 is 0 Å². The summed E-state index contributed by atoms with van der Waals surface area (Å²) in [7, 11) is 0. The van der Waals surface area contributed by atoms with Gasteiger partial charge in [0.05, 0.1) is 21.3 Å². The molecular weight excluding hydrogens is 309 g/mol. The van der Waals surface area contributed by atoms with E-state index in [4.69, 9.17) is 27.6 Å². The predicted octanol–water partition coefficient (Wildman–Crippen LogP) is 4.80. The normalized spacial score (nSPS) is 11.5. The number of hydrogen-bond donors (Lipinski definition) is 0. The van der Waals surface area contributed by atoms with Crippen molar-refractivity contribution >= 4 is 56.2 Å². The van der Waals surface area contributed by atoms with Crippen LogP contribution in [0.3, 0.4) is 0 Å². The van der Waals surface area contributed by atoms with Crippen LogP contribution in [0.25, 0.3) is 33.0 Å². The highest BCUT2D eigenvalue weighted by atomic mass is 35.5. The molecule has 0 amide bonds. The number of nitrogens with zero attached hydrogens (tertiary/aromatic N) is 1. The van der Waals surface area contributed by atoms with Gasteiger partial charge in [-0.3, -0.25) is 4.79 Å². The molecule has 0 saturated carbocycles. The van der Waals surface area contributed by atoms with E-state index in [9.17, 15) is 4.79 Å². The second-order valence-electron chi connectivity index (χ2n) is 4.69. The van der Waals surface area contributed by atoms with Crippen LogP contribution in [0.5, 0.6) is 0 Å². The molecule has 0 unspecified atom stereocenters. The van der Waals surface area contributed by atoms with Gasteiger partial charge < -0.3 is 4.42 Å². The summed E-state index contributed by atoms with van der Waals surface area (Å²) in [5.41, 5.74) is 1.18. The van der Waals surface area contributed by atoms with E-state index in [0.29, 0.717) is 37.3 Å². The van der Waals surface area contributed by atoms with Crippen LogP contribution in [0.1, 0.15) is 0 Å². The highest BCUT2D eigenvalue weighted by Gasteiger charge is 2.13. The number of pyridine rings is 1. The van der Waals surface area contributed by atoms with E-state index in [0.717, 1.165) is 0 Å². The van der Waals surface area contributed by atoms with Crippen LogP contribution in [-0.4, -0.2) is 4.98 Å². The first-order valence-corrected chi connectivity index (χ1v) is 7.01. The van der Waals surface area contributed by atoms with Crippen LogP contribution in [0, 0.1) is 0 Å². The summed E-state index contributed by atoms with van der Waals surface area (Å²) in [5, 5.41) is 2.35. The Morgan fingerprint density at radius 1 is 0.952 bits per heavy atom. The maximum absolute atomic E-state index is 12.6. The van der Waals surface area contributed by atoms with Crippen molar-refractivity contribution in [1.29, 1.82) is 0 Å². The first-order chi connectivity index (χ1) is 10.1. The van der Waals surface area contributed by atoms with Gasteiger partial charge in [0.2, 0.25) is 11.1 Å². The quantitative estimate of drug-likeness (QED) is 0.438. The minimum Gasteiger partial charge on any atom is -0.437 e. The Morgan fingerprint density at radius 3 is 2.57 bits per heavy atom. The molecule has 0 aliphatic heterocycles. The molecule has 21 heavy (non-hydrogen) atoms. The van der Waals surface area contributed by atoms with Crippen molar-refractivity contribution in [1.82, 2.24) is 4.98 Å². The van der Waals surface area contributed by atoms with Crippen molar-refractivity contribution in [2.75, 3.05) is 0 Å². The molecule has 0 aliphatic rings. The summed E-state index contributed by atoms with van der Waals surface area (Å²) < 4.78 is 5.72. The highest BCUT2D eigenvalue weighted by Crippen LogP contribution is 2.28. The van der Waals surface area contributed by atoms with Gasteiger partial charge in [0.1, 0.15) is 5.58 Å². The molecule has 5 heteroatoms.